The van der Waals surface area contributed by atoms with Gasteiger partial charge in [-0.15, -0.1) is 0 Å². The Morgan fingerprint density at radius 2 is 1.83 bits per heavy atom. The van der Waals surface area contributed by atoms with Gasteiger partial charge in [-0.05, 0) is 31.4 Å². The quantitative estimate of drug-likeness (QED) is 0.450. The van der Waals surface area contributed by atoms with Crippen molar-refractivity contribution < 1.29 is 22.0 Å². The Hall–Kier alpha value is -2.10. The van der Waals surface area contributed by atoms with Crippen LogP contribution in [0.4, 0.5) is 27.6 Å². The standard InChI is InChI=1S/C20H28F5N5/c1-14(20(23,24)25)28-7-9-29(10-8-28)19(26-2)27-12-15-5-6-30(13-15)16-3-4-17(21)18(22)11-16/h3-4,11,14-15H,5-10,12-13H2,1-2H3,(H,26,27). The van der Waals surface area contributed by atoms with Crippen LogP contribution in [-0.2, 0) is 0 Å². The lowest BCUT2D eigenvalue weighted by atomic mass is 10.1. The van der Waals surface area contributed by atoms with Crippen LogP contribution in [-0.4, -0.2) is 80.8 Å². The Bertz CT molecular complexity index is 746. The Kier molecular flexibility index (Phi) is 7.05. The van der Waals surface area contributed by atoms with Crippen LogP contribution >= 0.6 is 0 Å². The summed E-state index contributed by atoms with van der Waals surface area (Å²) in [6.45, 7) is 4.93. The first-order valence-corrected chi connectivity index (χ1v) is 10.2. The summed E-state index contributed by atoms with van der Waals surface area (Å²) in [4.78, 5) is 9.72. The van der Waals surface area contributed by atoms with E-state index in [9.17, 15) is 22.0 Å². The second-order valence-electron chi connectivity index (χ2n) is 7.87. The van der Waals surface area contributed by atoms with Gasteiger partial charge in [0.1, 0.15) is 6.04 Å². The number of anilines is 1. The zero-order valence-electron chi connectivity index (χ0n) is 17.2. The van der Waals surface area contributed by atoms with Crippen molar-refractivity contribution in [1.82, 2.24) is 15.1 Å². The first-order chi connectivity index (χ1) is 14.2. The van der Waals surface area contributed by atoms with Gasteiger partial charge in [0, 0.05) is 64.6 Å². The molecule has 1 aromatic carbocycles. The van der Waals surface area contributed by atoms with E-state index < -0.39 is 23.9 Å². The van der Waals surface area contributed by atoms with Crippen molar-refractivity contribution in [1.29, 1.82) is 0 Å². The zero-order chi connectivity index (χ0) is 21.9. The number of nitrogens with one attached hydrogen (secondary N) is 1. The molecule has 5 nitrogen and oxygen atoms in total. The van der Waals surface area contributed by atoms with E-state index in [0.717, 1.165) is 19.0 Å². The summed E-state index contributed by atoms with van der Waals surface area (Å²) in [7, 11) is 1.66. The summed E-state index contributed by atoms with van der Waals surface area (Å²) in [5, 5.41) is 3.32. The molecule has 0 spiro atoms. The average molecular weight is 433 g/mol. The van der Waals surface area contributed by atoms with E-state index in [-0.39, 0.29) is 0 Å². The van der Waals surface area contributed by atoms with Gasteiger partial charge in [-0.25, -0.2) is 8.78 Å². The number of hydrogen-bond donors (Lipinski definition) is 1. The monoisotopic (exact) mass is 433 g/mol. The van der Waals surface area contributed by atoms with E-state index >= 15 is 0 Å². The first kappa shape index (κ1) is 22.6. The minimum atomic E-state index is -4.22. The average Bonchev–Trinajstić information content (AvgIpc) is 3.19. The predicted molar refractivity (Wildman–Crippen MR) is 107 cm³/mol. The summed E-state index contributed by atoms with van der Waals surface area (Å²) in [6, 6.07) is 2.48. The van der Waals surface area contributed by atoms with Crippen molar-refractivity contribution in [2.75, 3.05) is 57.8 Å². The SMILES string of the molecule is CN=C(NCC1CCN(c2ccc(F)c(F)c2)C1)N1CCN(C(C)C(F)(F)F)CC1. The fourth-order valence-corrected chi connectivity index (χ4v) is 4.01. The van der Waals surface area contributed by atoms with E-state index in [1.165, 1.54) is 17.9 Å². The molecule has 2 atom stereocenters. The number of halogens is 5. The van der Waals surface area contributed by atoms with Crippen molar-refractivity contribution in [3.05, 3.63) is 29.8 Å². The third kappa shape index (κ3) is 5.33. The highest BCUT2D eigenvalue weighted by atomic mass is 19.4. The molecule has 0 saturated carbocycles. The van der Waals surface area contributed by atoms with E-state index in [4.69, 9.17) is 0 Å². The van der Waals surface area contributed by atoms with Gasteiger partial charge < -0.3 is 15.1 Å². The lowest BCUT2D eigenvalue weighted by Gasteiger charge is -2.39. The molecule has 2 aliphatic heterocycles. The van der Waals surface area contributed by atoms with E-state index in [1.807, 2.05) is 9.80 Å². The number of hydrogen-bond acceptors (Lipinski definition) is 3. The maximum Gasteiger partial charge on any atom is 0.403 e. The van der Waals surface area contributed by atoms with Gasteiger partial charge in [-0.3, -0.25) is 9.89 Å². The number of aliphatic imine (C=N–C) groups is 1. The summed E-state index contributed by atoms with van der Waals surface area (Å²) in [5.74, 6) is -0.722. The number of nitrogens with zero attached hydrogens (tertiary/aromatic N) is 4. The van der Waals surface area contributed by atoms with Crippen LogP contribution < -0.4 is 10.2 Å². The van der Waals surface area contributed by atoms with Crippen LogP contribution in [0.3, 0.4) is 0 Å². The Morgan fingerprint density at radius 3 is 2.43 bits per heavy atom. The lowest BCUT2D eigenvalue weighted by molar-refractivity contribution is -0.181. The summed E-state index contributed by atoms with van der Waals surface area (Å²) in [5.41, 5.74) is 0.663. The molecular weight excluding hydrogens is 405 g/mol. The van der Waals surface area contributed by atoms with Crippen molar-refractivity contribution in [3.63, 3.8) is 0 Å². The van der Waals surface area contributed by atoms with Crippen LogP contribution in [0.2, 0.25) is 0 Å². The van der Waals surface area contributed by atoms with Crippen LogP contribution in [0.5, 0.6) is 0 Å². The van der Waals surface area contributed by atoms with E-state index in [2.05, 4.69) is 10.3 Å². The minimum absolute atomic E-state index is 0.307. The maximum absolute atomic E-state index is 13.5. The lowest BCUT2D eigenvalue weighted by Crippen LogP contribution is -2.57. The maximum atomic E-state index is 13.5. The van der Waals surface area contributed by atoms with Crippen LogP contribution in [0.15, 0.2) is 23.2 Å². The molecule has 2 aliphatic rings. The van der Waals surface area contributed by atoms with Gasteiger partial charge in [0.2, 0.25) is 0 Å². The second kappa shape index (κ2) is 9.36. The van der Waals surface area contributed by atoms with Crippen molar-refractivity contribution in [2.24, 2.45) is 10.9 Å². The van der Waals surface area contributed by atoms with Gasteiger partial charge in [-0.1, -0.05) is 0 Å². The number of guanidine groups is 1. The molecular formula is C20H28F5N5. The molecule has 168 valence electrons. The fourth-order valence-electron chi connectivity index (χ4n) is 4.01. The Balaban J connectivity index is 1.47. The molecule has 2 saturated heterocycles. The molecule has 0 radical (unpaired) electrons. The zero-order valence-corrected chi connectivity index (χ0v) is 17.2. The predicted octanol–water partition coefficient (Wildman–Crippen LogP) is 2.93. The summed E-state index contributed by atoms with van der Waals surface area (Å²) < 4.78 is 65.3. The molecule has 0 aromatic heterocycles. The largest absolute Gasteiger partial charge is 0.403 e. The minimum Gasteiger partial charge on any atom is -0.371 e. The molecule has 2 heterocycles. The number of alkyl halides is 3. The number of rotatable bonds is 4. The van der Waals surface area contributed by atoms with Crippen LogP contribution in [0.25, 0.3) is 0 Å². The van der Waals surface area contributed by atoms with Gasteiger partial charge in [0.15, 0.2) is 17.6 Å². The molecule has 2 fully saturated rings. The highest BCUT2D eigenvalue weighted by molar-refractivity contribution is 5.80. The third-order valence-electron chi connectivity index (χ3n) is 5.95. The van der Waals surface area contributed by atoms with Gasteiger partial charge in [0.05, 0.1) is 0 Å². The van der Waals surface area contributed by atoms with Gasteiger partial charge in [0.25, 0.3) is 0 Å². The third-order valence-corrected chi connectivity index (χ3v) is 5.95. The van der Waals surface area contributed by atoms with Gasteiger partial charge in [-0.2, -0.15) is 13.2 Å². The van der Waals surface area contributed by atoms with Gasteiger partial charge >= 0.3 is 6.18 Å². The summed E-state index contributed by atoms with van der Waals surface area (Å²) >= 11 is 0. The smallest absolute Gasteiger partial charge is 0.371 e. The molecule has 10 heteroatoms. The molecule has 30 heavy (non-hydrogen) atoms. The van der Waals surface area contributed by atoms with Crippen molar-refractivity contribution in [3.8, 4) is 0 Å². The Morgan fingerprint density at radius 1 is 1.13 bits per heavy atom. The fraction of sp³-hybridized carbons (Fsp3) is 0.650. The second-order valence-corrected chi connectivity index (χ2v) is 7.87. The normalized spacial score (nSPS) is 22.5. The van der Waals surface area contributed by atoms with Crippen LogP contribution in [0, 0.1) is 17.6 Å². The van der Waals surface area contributed by atoms with E-state index in [1.54, 1.807) is 13.1 Å². The first-order valence-electron chi connectivity index (χ1n) is 10.2. The van der Waals surface area contributed by atoms with Crippen molar-refractivity contribution >= 4 is 11.6 Å². The molecule has 0 aliphatic carbocycles. The van der Waals surface area contributed by atoms with Crippen molar-refractivity contribution in [2.45, 2.75) is 25.6 Å². The molecule has 0 amide bonds. The summed E-state index contributed by atoms with van der Waals surface area (Å²) in [6.07, 6.45) is -3.32. The molecule has 1 aromatic rings. The van der Waals surface area contributed by atoms with E-state index in [0.29, 0.717) is 56.8 Å². The molecule has 3 rings (SSSR count). The topological polar surface area (TPSA) is 34.1 Å². The number of benzene rings is 1. The molecule has 2 unspecified atom stereocenters. The highest BCUT2D eigenvalue weighted by Crippen LogP contribution is 2.26. The Labute approximate surface area is 173 Å². The highest BCUT2D eigenvalue weighted by Gasteiger charge is 2.41. The molecule has 1 N–H and O–H groups in total. The molecule has 0 bridgehead atoms. The number of piperazine rings is 1. The van der Waals surface area contributed by atoms with Crippen LogP contribution in [0.1, 0.15) is 13.3 Å².